The van der Waals surface area contributed by atoms with E-state index >= 15 is 0 Å². The minimum Gasteiger partial charge on any atom is -0.478 e. The number of rotatable bonds is 4. The van der Waals surface area contributed by atoms with E-state index in [1.165, 1.54) is 39.0 Å². The molecule has 0 bridgehead atoms. The van der Waals surface area contributed by atoms with Crippen LogP contribution in [0.2, 0.25) is 0 Å². The fraction of sp³-hybridized carbons (Fsp3) is 0.250. The number of carboxylic acid groups (broad SMARTS) is 1. The van der Waals surface area contributed by atoms with Crippen LogP contribution in [0.3, 0.4) is 0 Å². The van der Waals surface area contributed by atoms with Gasteiger partial charge in [0, 0.05) is 32.7 Å². The van der Waals surface area contributed by atoms with E-state index in [0.29, 0.717) is 5.69 Å². The number of carboxylic acids is 1. The van der Waals surface area contributed by atoms with Gasteiger partial charge in [0.15, 0.2) is 5.57 Å². The van der Waals surface area contributed by atoms with E-state index < -0.39 is 29.3 Å². The molecule has 0 aromatic heterocycles. The second-order valence-corrected chi connectivity index (χ2v) is 5.63. The monoisotopic (exact) mass is 348 g/mol. The molecule has 9 nitrogen and oxygen atoms in total. The van der Waals surface area contributed by atoms with Crippen LogP contribution >= 0.6 is 0 Å². The Morgan fingerprint density at radius 2 is 1.76 bits per heavy atom. The topological polar surface area (TPSA) is 131 Å². The Morgan fingerprint density at radius 3 is 2.28 bits per heavy atom. The van der Waals surface area contributed by atoms with Crippen LogP contribution in [-0.2, 0) is 23.9 Å². The number of ether oxygens (including phenoxy) is 2. The number of amides is 1. The molecule has 1 aliphatic rings. The predicted molar refractivity (Wildman–Crippen MR) is 85.7 cm³/mol. The number of carbonyl (C=O) groups is 4. The van der Waals surface area contributed by atoms with Gasteiger partial charge < -0.3 is 25.2 Å². The quantitative estimate of drug-likeness (QED) is 0.423. The Bertz CT molecular complexity index is 774. The summed E-state index contributed by atoms with van der Waals surface area (Å²) in [5, 5.41) is 14.3. The fourth-order valence-electron chi connectivity index (χ4n) is 2.06. The average molecular weight is 348 g/mol. The summed E-state index contributed by atoms with van der Waals surface area (Å²) in [5.74, 6) is -4.75. The molecule has 1 aromatic rings. The summed E-state index contributed by atoms with van der Waals surface area (Å²) in [7, 11) is 0. The first-order valence-corrected chi connectivity index (χ1v) is 7.17. The molecular weight excluding hydrogens is 332 g/mol. The van der Waals surface area contributed by atoms with E-state index in [1.54, 1.807) is 0 Å². The number of anilines is 2. The van der Waals surface area contributed by atoms with E-state index in [4.69, 9.17) is 9.47 Å². The van der Waals surface area contributed by atoms with Crippen molar-refractivity contribution in [2.24, 2.45) is 0 Å². The molecule has 25 heavy (non-hydrogen) atoms. The maximum Gasteiger partial charge on any atom is 0.350 e. The van der Waals surface area contributed by atoms with Crippen molar-refractivity contribution in [3.05, 3.63) is 35.5 Å². The first kappa shape index (κ1) is 18.0. The minimum atomic E-state index is -1.36. The summed E-state index contributed by atoms with van der Waals surface area (Å²) in [6.45, 7) is 4.12. The Morgan fingerprint density at radius 1 is 1.16 bits per heavy atom. The van der Waals surface area contributed by atoms with Crippen molar-refractivity contribution < 1.29 is 33.8 Å². The molecule has 1 aromatic carbocycles. The summed E-state index contributed by atoms with van der Waals surface area (Å²) in [6.07, 6.45) is 1.01. The van der Waals surface area contributed by atoms with Crippen molar-refractivity contribution >= 4 is 35.2 Å². The lowest BCUT2D eigenvalue weighted by molar-refractivity contribution is -0.222. The predicted octanol–water partition coefficient (Wildman–Crippen LogP) is 1.48. The van der Waals surface area contributed by atoms with Gasteiger partial charge >= 0.3 is 17.9 Å². The number of hydrogen-bond donors (Lipinski definition) is 3. The second kappa shape index (κ2) is 6.63. The number of nitrogens with one attached hydrogen (secondary N) is 2. The Kier molecular flexibility index (Phi) is 4.77. The fourth-order valence-corrected chi connectivity index (χ4v) is 2.06. The molecule has 1 aliphatic heterocycles. The highest BCUT2D eigenvalue weighted by molar-refractivity contribution is 6.15. The third-order valence-corrected chi connectivity index (χ3v) is 3.06. The SMILES string of the molecule is CC(=O)Nc1ccc(NC=C2C(=O)OC(C)(C)OC2=O)c(C(=O)O)c1. The van der Waals surface area contributed by atoms with Crippen molar-refractivity contribution in [3.63, 3.8) is 0 Å². The maximum atomic E-state index is 11.8. The summed E-state index contributed by atoms with van der Waals surface area (Å²) >= 11 is 0. The average Bonchev–Trinajstić information content (AvgIpc) is 2.45. The van der Waals surface area contributed by atoms with Crippen LogP contribution in [0.1, 0.15) is 31.1 Å². The minimum absolute atomic E-state index is 0.111. The Balaban J connectivity index is 2.28. The zero-order valence-electron chi connectivity index (χ0n) is 13.7. The Labute approximate surface area is 142 Å². The van der Waals surface area contributed by atoms with Gasteiger partial charge in [-0.25, -0.2) is 14.4 Å². The largest absolute Gasteiger partial charge is 0.478 e. The summed E-state index contributed by atoms with van der Waals surface area (Å²) in [5.41, 5.74) is -0.163. The molecule has 0 aliphatic carbocycles. The second-order valence-electron chi connectivity index (χ2n) is 5.63. The molecule has 0 saturated carbocycles. The lowest BCUT2D eigenvalue weighted by Gasteiger charge is -2.29. The van der Waals surface area contributed by atoms with E-state index in [0.717, 1.165) is 6.20 Å². The third kappa shape index (κ3) is 4.34. The third-order valence-electron chi connectivity index (χ3n) is 3.06. The molecule has 9 heteroatoms. The van der Waals surface area contributed by atoms with Gasteiger partial charge in [0.1, 0.15) is 0 Å². The molecule has 1 saturated heterocycles. The number of aromatic carboxylic acids is 1. The van der Waals surface area contributed by atoms with Gasteiger partial charge in [0.2, 0.25) is 5.91 Å². The van der Waals surface area contributed by atoms with Gasteiger partial charge in [0.25, 0.3) is 5.79 Å². The highest BCUT2D eigenvalue weighted by Crippen LogP contribution is 2.24. The van der Waals surface area contributed by atoms with Crippen LogP contribution in [0.4, 0.5) is 11.4 Å². The lowest BCUT2D eigenvalue weighted by Crippen LogP contribution is -2.42. The van der Waals surface area contributed by atoms with Gasteiger partial charge in [-0.15, -0.1) is 0 Å². The van der Waals surface area contributed by atoms with Crippen LogP contribution in [-0.4, -0.2) is 34.7 Å². The zero-order valence-corrected chi connectivity index (χ0v) is 13.7. The molecule has 0 atom stereocenters. The van der Waals surface area contributed by atoms with Crippen molar-refractivity contribution in [1.29, 1.82) is 0 Å². The summed E-state index contributed by atoms with van der Waals surface area (Å²) in [4.78, 5) is 46.1. The highest BCUT2D eigenvalue weighted by Gasteiger charge is 2.39. The number of carbonyl (C=O) groups excluding carboxylic acids is 3. The summed E-state index contributed by atoms with van der Waals surface area (Å²) < 4.78 is 9.86. The molecule has 1 fully saturated rings. The van der Waals surface area contributed by atoms with Crippen molar-refractivity contribution in [2.75, 3.05) is 10.6 Å². The first-order chi connectivity index (χ1) is 11.6. The normalized spacial score (nSPS) is 15.7. The highest BCUT2D eigenvalue weighted by atomic mass is 16.7. The van der Waals surface area contributed by atoms with Crippen LogP contribution in [0.15, 0.2) is 30.0 Å². The maximum absolute atomic E-state index is 11.8. The van der Waals surface area contributed by atoms with Crippen molar-refractivity contribution in [2.45, 2.75) is 26.6 Å². The molecule has 2 rings (SSSR count). The molecule has 0 unspecified atom stereocenters. The van der Waals surface area contributed by atoms with Gasteiger partial charge in [-0.3, -0.25) is 4.79 Å². The van der Waals surface area contributed by atoms with Crippen LogP contribution in [0, 0.1) is 0 Å². The van der Waals surface area contributed by atoms with Crippen LogP contribution < -0.4 is 10.6 Å². The number of hydrogen-bond acceptors (Lipinski definition) is 7. The van der Waals surface area contributed by atoms with E-state index in [2.05, 4.69) is 10.6 Å². The molecule has 0 radical (unpaired) electrons. The van der Waals surface area contributed by atoms with Crippen LogP contribution in [0.5, 0.6) is 0 Å². The molecule has 1 heterocycles. The van der Waals surface area contributed by atoms with Crippen molar-refractivity contribution in [1.82, 2.24) is 0 Å². The van der Waals surface area contributed by atoms with Crippen LogP contribution in [0.25, 0.3) is 0 Å². The number of esters is 2. The molecule has 1 amide bonds. The molecule has 132 valence electrons. The van der Waals surface area contributed by atoms with Gasteiger partial charge in [-0.1, -0.05) is 0 Å². The number of cyclic esters (lactones) is 2. The smallest absolute Gasteiger partial charge is 0.350 e. The standard InChI is InChI=1S/C16H16N2O7/c1-8(19)18-9-4-5-12(10(6-9)13(20)21)17-7-11-14(22)24-16(2,3)25-15(11)23/h4-7,17H,1-3H3,(H,18,19)(H,20,21). The molecule has 0 spiro atoms. The zero-order chi connectivity index (χ0) is 18.8. The summed E-state index contributed by atoms with van der Waals surface area (Å²) in [6, 6.07) is 4.09. The van der Waals surface area contributed by atoms with Crippen molar-refractivity contribution in [3.8, 4) is 0 Å². The van der Waals surface area contributed by atoms with E-state index in [-0.39, 0.29) is 17.2 Å². The lowest BCUT2D eigenvalue weighted by atomic mass is 10.1. The van der Waals surface area contributed by atoms with E-state index in [9.17, 15) is 24.3 Å². The van der Waals surface area contributed by atoms with E-state index in [1.807, 2.05) is 0 Å². The molecular formula is C16H16N2O7. The number of benzene rings is 1. The van der Waals surface area contributed by atoms with Gasteiger partial charge in [-0.05, 0) is 18.2 Å². The first-order valence-electron chi connectivity index (χ1n) is 7.17. The van der Waals surface area contributed by atoms with Gasteiger partial charge in [0.05, 0.1) is 11.3 Å². The van der Waals surface area contributed by atoms with Gasteiger partial charge in [-0.2, -0.15) is 0 Å². The molecule has 3 N–H and O–H groups in total. The Hall–Kier alpha value is -3.36.